The number of halogens is 3. The summed E-state index contributed by atoms with van der Waals surface area (Å²) in [6.45, 7) is 0. The summed E-state index contributed by atoms with van der Waals surface area (Å²) in [7, 11) is 0. The van der Waals surface area contributed by atoms with Crippen molar-refractivity contribution in [1.82, 2.24) is 4.98 Å². The smallest absolute Gasteiger partial charge is 0.323 e. The molecular weight excluding hydrogens is 235 g/mol. The van der Waals surface area contributed by atoms with Crippen LogP contribution in [0.5, 0.6) is 0 Å². The molecule has 0 fully saturated rings. The lowest BCUT2D eigenvalue weighted by Gasteiger charge is -2.11. The number of anilines is 1. The van der Waals surface area contributed by atoms with Crippen LogP contribution in [0.2, 0.25) is 0 Å². The topological polar surface area (TPSA) is 70.9 Å². The van der Waals surface area contributed by atoms with E-state index in [1.807, 2.05) is 0 Å². The highest BCUT2D eigenvalue weighted by Crippen LogP contribution is 2.34. The predicted octanol–water partition coefficient (Wildman–Crippen LogP) is 1.83. The molecule has 1 heterocycles. The fourth-order valence-electron chi connectivity index (χ4n) is 1.64. The van der Waals surface area contributed by atoms with E-state index in [2.05, 4.69) is 10.4 Å². The van der Waals surface area contributed by atoms with Gasteiger partial charge in [-0.15, -0.1) is 0 Å². The van der Waals surface area contributed by atoms with E-state index in [0.29, 0.717) is 0 Å². The summed E-state index contributed by atoms with van der Waals surface area (Å²) < 4.78 is 38.1. The highest BCUT2D eigenvalue weighted by atomic mass is 19.4. The number of hydrogen-bond acceptors (Lipinski definition) is 3. The third kappa shape index (κ3) is 1.96. The number of hydrogen-bond donors (Lipinski definition) is 3. The SMILES string of the molecule is NNc1cc(=O)[nH]c2c(C(F)(F)F)cccc12. The van der Waals surface area contributed by atoms with Crippen molar-refractivity contribution in [2.45, 2.75) is 6.18 Å². The van der Waals surface area contributed by atoms with Gasteiger partial charge in [0.25, 0.3) is 5.56 Å². The summed E-state index contributed by atoms with van der Waals surface area (Å²) in [5.74, 6) is 5.16. The summed E-state index contributed by atoms with van der Waals surface area (Å²) in [5.41, 5.74) is 0.523. The maximum atomic E-state index is 12.7. The Hall–Kier alpha value is -2.02. The highest BCUT2D eigenvalue weighted by Gasteiger charge is 2.33. The molecule has 0 aliphatic heterocycles. The summed E-state index contributed by atoms with van der Waals surface area (Å²) in [4.78, 5) is 13.4. The molecule has 0 saturated heterocycles. The van der Waals surface area contributed by atoms with Gasteiger partial charge >= 0.3 is 6.18 Å². The maximum absolute atomic E-state index is 12.7. The maximum Gasteiger partial charge on any atom is 0.418 e. The van der Waals surface area contributed by atoms with E-state index in [0.717, 1.165) is 12.1 Å². The zero-order valence-electron chi connectivity index (χ0n) is 8.43. The van der Waals surface area contributed by atoms with Crippen LogP contribution in [-0.2, 0) is 6.18 Å². The van der Waals surface area contributed by atoms with Crippen LogP contribution in [0.3, 0.4) is 0 Å². The Bertz CT molecular complexity index is 618. The molecule has 0 amide bonds. The van der Waals surface area contributed by atoms with Gasteiger partial charge in [-0.25, -0.2) is 0 Å². The molecule has 1 aromatic heterocycles. The van der Waals surface area contributed by atoms with Crippen LogP contribution >= 0.6 is 0 Å². The minimum Gasteiger partial charge on any atom is -0.323 e. The number of alkyl halides is 3. The molecule has 0 spiro atoms. The second-order valence-electron chi connectivity index (χ2n) is 3.42. The minimum atomic E-state index is -4.53. The molecule has 0 bridgehead atoms. The van der Waals surface area contributed by atoms with Gasteiger partial charge in [-0.3, -0.25) is 10.6 Å². The summed E-state index contributed by atoms with van der Waals surface area (Å²) in [6.07, 6.45) is -4.53. The minimum absolute atomic E-state index is 0.148. The average Bonchev–Trinajstić information content (AvgIpc) is 2.25. The molecular formula is C10H8F3N3O. The van der Waals surface area contributed by atoms with E-state index in [4.69, 9.17) is 5.84 Å². The summed E-state index contributed by atoms with van der Waals surface area (Å²) in [6, 6.07) is 4.70. The van der Waals surface area contributed by atoms with Crippen LogP contribution in [0.4, 0.5) is 18.9 Å². The van der Waals surface area contributed by atoms with Gasteiger partial charge in [0.05, 0.1) is 16.8 Å². The first-order valence-corrected chi connectivity index (χ1v) is 4.63. The molecule has 0 atom stereocenters. The van der Waals surface area contributed by atoms with Gasteiger partial charge < -0.3 is 10.4 Å². The predicted molar refractivity (Wildman–Crippen MR) is 57.4 cm³/mol. The van der Waals surface area contributed by atoms with Gasteiger partial charge in [-0.1, -0.05) is 12.1 Å². The number of fused-ring (bicyclic) bond motifs is 1. The van der Waals surface area contributed by atoms with Crippen molar-refractivity contribution in [3.8, 4) is 0 Å². The lowest BCUT2D eigenvalue weighted by molar-refractivity contribution is -0.136. The number of nitrogen functional groups attached to an aromatic ring is 1. The van der Waals surface area contributed by atoms with E-state index in [9.17, 15) is 18.0 Å². The number of aromatic nitrogens is 1. The Kier molecular flexibility index (Phi) is 2.55. The molecule has 90 valence electrons. The average molecular weight is 243 g/mol. The zero-order valence-corrected chi connectivity index (χ0v) is 8.43. The quantitative estimate of drug-likeness (QED) is 0.528. The number of H-pyrrole nitrogens is 1. The Morgan fingerprint density at radius 1 is 1.29 bits per heavy atom. The standard InChI is InChI=1S/C10H8F3N3O/c11-10(12,13)6-3-1-2-5-7(16-14)4-8(17)15-9(5)6/h1-4H,14H2,(H2,15,16,17). The van der Waals surface area contributed by atoms with Gasteiger partial charge in [0.2, 0.25) is 0 Å². The van der Waals surface area contributed by atoms with E-state index in [-0.39, 0.29) is 16.6 Å². The molecule has 4 N–H and O–H groups in total. The van der Waals surface area contributed by atoms with Gasteiger partial charge in [-0.05, 0) is 6.07 Å². The zero-order chi connectivity index (χ0) is 12.6. The first kappa shape index (κ1) is 11.5. The fourth-order valence-corrected chi connectivity index (χ4v) is 1.64. The molecule has 0 aliphatic carbocycles. The number of pyridine rings is 1. The van der Waals surface area contributed by atoms with Crippen molar-refractivity contribution in [1.29, 1.82) is 0 Å². The largest absolute Gasteiger partial charge is 0.418 e. The molecule has 17 heavy (non-hydrogen) atoms. The second kappa shape index (κ2) is 3.77. The van der Waals surface area contributed by atoms with Crippen molar-refractivity contribution in [2.75, 3.05) is 5.43 Å². The Morgan fingerprint density at radius 2 is 2.00 bits per heavy atom. The number of para-hydroxylation sites is 1. The lowest BCUT2D eigenvalue weighted by Crippen LogP contribution is -2.15. The van der Waals surface area contributed by atoms with Crippen LogP contribution in [-0.4, -0.2) is 4.98 Å². The number of rotatable bonds is 1. The van der Waals surface area contributed by atoms with Gasteiger partial charge in [0, 0.05) is 11.5 Å². The van der Waals surface area contributed by atoms with E-state index in [1.54, 1.807) is 0 Å². The summed E-state index contributed by atoms with van der Waals surface area (Å²) in [5, 5.41) is 0.210. The molecule has 2 aromatic rings. The van der Waals surface area contributed by atoms with Gasteiger partial charge in [0.1, 0.15) is 0 Å². The molecule has 7 heteroatoms. The normalized spacial score (nSPS) is 11.8. The van der Waals surface area contributed by atoms with E-state index < -0.39 is 17.3 Å². The number of benzene rings is 1. The molecule has 1 aromatic carbocycles. The third-order valence-corrected chi connectivity index (χ3v) is 2.34. The van der Waals surface area contributed by atoms with Gasteiger partial charge in [0.15, 0.2) is 0 Å². The Morgan fingerprint density at radius 3 is 2.59 bits per heavy atom. The number of nitrogens with two attached hydrogens (primary N) is 1. The van der Waals surface area contributed by atoms with E-state index >= 15 is 0 Å². The molecule has 2 rings (SSSR count). The Labute approximate surface area is 93.2 Å². The Balaban J connectivity index is 2.90. The van der Waals surface area contributed by atoms with Crippen LogP contribution < -0.4 is 16.8 Å². The first-order valence-electron chi connectivity index (χ1n) is 4.63. The van der Waals surface area contributed by atoms with Crippen molar-refractivity contribution in [3.05, 3.63) is 40.2 Å². The van der Waals surface area contributed by atoms with Crippen molar-refractivity contribution < 1.29 is 13.2 Å². The number of aromatic amines is 1. The summed E-state index contributed by atoms with van der Waals surface area (Å²) >= 11 is 0. The van der Waals surface area contributed by atoms with Crippen molar-refractivity contribution in [2.24, 2.45) is 5.84 Å². The van der Waals surface area contributed by atoms with Crippen LogP contribution in [0.15, 0.2) is 29.1 Å². The van der Waals surface area contributed by atoms with Gasteiger partial charge in [-0.2, -0.15) is 13.2 Å². The molecule has 0 saturated carbocycles. The lowest BCUT2D eigenvalue weighted by atomic mass is 10.1. The fraction of sp³-hybridized carbons (Fsp3) is 0.100. The number of hydrazine groups is 1. The molecule has 0 aliphatic rings. The van der Waals surface area contributed by atoms with Crippen molar-refractivity contribution in [3.63, 3.8) is 0 Å². The van der Waals surface area contributed by atoms with E-state index in [1.165, 1.54) is 12.1 Å². The third-order valence-electron chi connectivity index (χ3n) is 2.34. The molecule has 0 unspecified atom stereocenters. The molecule has 0 radical (unpaired) electrons. The van der Waals surface area contributed by atoms with Crippen LogP contribution in [0.25, 0.3) is 10.9 Å². The molecule has 4 nitrogen and oxygen atoms in total. The first-order chi connectivity index (χ1) is 7.93. The van der Waals surface area contributed by atoms with Crippen molar-refractivity contribution >= 4 is 16.6 Å². The second-order valence-corrected chi connectivity index (χ2v) is 3.42. The van der Waals surface area contributed by atoms with Crippen LogP contribution in [0.1, 0.15) is 5.56 Å². The number of nitrogens with one attached hydrogen (secondary N) is 2. The highest BCUT2D eigenvalue weighted by molar-refractivity contribution is 5.93. The van der Waals surface area contributed by atoms with Crippen LogP contribution in [0, 0.1) is 0 Å². The monoisotopic (exact) mass is 243 g/mol.